The molecule has 0 aliphatic carbocycles. The number of hydrogen-bond donors (Lipinski definition) is 1. The van der Waals surface area contributed by atoms with Crippen molar-refractivity contribution in [1.29, 1.82) is 0 Å². The number of halogens is 1. The van der Waals surface area contributed by atoms with E-state index in [9.17, 15) is 14.3 Å². The van der Waals surface area contributed by atoms with Crippen LogP contribution in [0.2, 0.25) is 0 Å². The summed E-state index contributed by atoms with van der Waals surface area (Å²) in [6.45, 7) is 6.54. The quantitative estimate of drug-likeness (QED) is 0.890. The maximum absolute atomic E-state index is 13.2. The van der Waals surface area contributed by atoms with Crippen molar-refractivity contribution in [3.63, 3.8) is 0 Å². The number of benzene rings is 1. The van der Waals surface area contributed by atoms with Crippen LogP contribution in [0.4, 0.5) is 10.1 Å². The second kappa shape index (κ2) is 4.81. The number of anilines is 1. The van der Waals surface area contributed by atoms with Crippen LogP contribution in [0.25, 0.3) is 0 Å². The molecule has 1 heterocycles. The van der Waals surface area contributed by atoms with Gasteiger partial charge in [-0.15, -0.1) is 0 Å². The molecule has 1 fully saturated rings. The lowest BCUT2D eigenvalue weighted by Gasteiger charge is -2.46. The molecule has 1 aliphatic rings. The van der Waals surface area contributed by atoms with Gasteiger partial charge in [0.25, 0.3) is 0 Å². The highest BCUT2D eigenvalue weighted by molar-refractivity contribution is 5.94. The predicted octanol–water partition coefficient (Wildman–Crippen LogP) is 2.05. The van der Waals surface area contributed by atoms with E-state index < -0.39 is 11.8 Å². The maximum atomic E-state index is 13.2. The molecule has 4 nitrogen and oxygen atoms in total. The Kier molecular flexibility index (Phi) is 3.49. The standard InChI is InChI=1S/C14H19FN2O2/c1-14(2)9-17(7-6-16(14)3)12-5-4-10(15)8-11(12)13(18)19/h4-5,8H,6-7,9H2,1-3H3,(H,18,19). The van der Waals surface area contributed by atoms with Crippen LogP contribution in [0.5, 0.6) is 0 Å². The summed E-state index contributed by atoms with van der Waals surface area (Å²) >= 11 is 0. The molecule has 0 spiro atoms. The predicted molar refractivity (Wildman–Crippen MR) is 72.3 cm³/mol. The van der Waals surface area contributed by atoms with Gasteiger partial charge in [-0.3, -0.25) is 4.90 Å². The van der Waals surface area contributed by atoms with Crippen molar-refractivity contribution in [3.8, 4) is 0 Å². The minimum Gasteiger partial charge on any atom is -0.478 e. The Morgan fingerprint density at radius 3 is 2.63 bits per heavy atom. The number of carboxylic acids is 1. The molecule has 1 saturated heterocycles. The molecule has 5 heteroatoms. The minimum atomic E-state index is -1.09. The number of aromatic carboxylic acids is 1. The van der Waals surface area contributed by atoms with Crippen LogP contribution in [0.3, 0.4) is 0 Å². The van der Waals surface area contributed by atoms with Gasteiger partial charge in [0, 0.05) is 25.2 Å². The zero-order chi connectivity index (χ0) is 14.2. The van der Waals surface area contributed by atoms with Crippen molar-refractivity contribution in [2.75, 3.05) is 31.6 Å². The van der Waals surface area contributed by atoms with Gasteiger partial charge in [0.2, 0.25) is 0 Å². The highest BCUT2D eigenvalue weighted by Crippen LogP contribution is 2.27. The summed E-state index contributed by atoms with van der Waals surface area (Å²) in [4.78, 5) is 15.5. The molecular weight excluding hydrogens is 247 g/mol. The van der Waals surface area contributed by atoms with Crippen LogP contribution < -0.4 is 4.90 Å². The van der Waals surface area contributed by atoms with Crippen LogP contribution in [0, 0.1) is 5.82 Å². The van der Waals surface area contributed by atoms with Gasteiger partial charge in [-0.25, -0.2) is 9.18 Å². The van der Waals surface area contributed by atoms with Crippen LogP contribution in [-0.2, 0) is 0 Å². The topological polar surface area (TPSA) is 43.8 Å². The Morgan fingerprint density at radius 1 is 1.37 bits per heavy atom. The van der Waals surface area contributed by atoms with E-state index in [4.69, 9.17) is 0 Å². The van der Waals surface area contributed by atoms with E-state index >= 15 is 0 Å². The van der Waals surface area contributed by atoms with E-state index in [0.717, 1.165) is 25.7 Å². The third-order valence-electron chi connectivity index (χ3n) is 3.85. The van der Waals surface area contributed by atoms with E-state index in [1.165, 1.54) is 6.07 Å². The van der Waals surface area contributed by atoms with E-state index in [0.29, 0.717) is 5.69 Å². The lowest BCUT2D eigenvalue weighted by Crippen LogP contribution is -2.58. The highest BCUT2D eigenvalue weighted by Gasteiger charge is 2.32. The number of nitrogens with zero attached hydrogens (tertiary/aromatic N) is 2. The summed E-state index contributed by atoms with van der Waals surface area (Å²) in [5.74, 6) is -1.61. The van der Waals surface area contributed by atoms with E-state index in [-0.39, 0.29) is 11.1 Å². The number of piperazine rings is 1. The Labute approximate surface area is 112 Å². The van der Waals surface area contributed by atoms with Crippen LogP contribution >= 0.6 is 0 Å². The first-order valence-electron chi connectivity index (χ1n) is 6.30. The lowest BCUT2D eigenvalue weighted by atomic mass is 9.98. The fraction of sp³-hybridized carbons (Fsp3) is 0.500. The summed E-state index contributed by atoms with van der Waals surface area (Å²) in [6.07, 6.45) is 0. The number of carbonyl (C=O) groups is 1. The first-order valence-corrected chi connectivity index (χ1v) is 6.30. The molecule has 104 valence electrons. The molecule has 1 aromatic rings. The molecule has 0 atom stereocenters. The maximum Gasteiger partial charge on any atom is 0.337 e. The number of likely N-dealkylation sites (N-methyl/N-ethyl adjacent to an activating group) is 1. The van der Waals surface area contributed by atoms with Gasteiger partial charge in [0.15, 0.2) is 0 Å². The summed E-state index contributed by atoms with van der Waals surface area (Å²) in [5.41, 5.74) is 0.581. The summed E-state index contributed by atoms with van der Waals surface area (Å²) in [7, 11) is 2.06. The molecule has 19 heavy (non-hydrogen) atoms. The van der Waals surface area contributed by atoms with E-state index in [1.54, 1.807) is 6.07 Å². The Bertz CT molecular complexity index is 502. The van der Waals surface area contributed by atoms with Gasteiger partial charge >= 0.3 is 5.97 Å². The third-order valence-corrected chi connectivity index (χ3v) is 3.85. The van der Waals surface area contributed by atoms with Crippen molar-refractivity contribution in [1.82, 2.24) is 4.90 Å². The van der Waals surface area contributed by atoms with Gasteiger partial charge in [-0.2, -0.15) is 0 Å². The smallest absolute Gasteiger partial charge is 0.337 e. The lowest BCUT2D eigenvalue weighted by molar-refractivity contribution is 0.0696. The van der Waals surface area contributed by atoms with E-state index in [2.05, 4.69) is 25.8 Å². The average Bonchev–Trinajstić information content (AvgIpc) is 2.32. The molecule has 0 saturated carbocycles. The summed E-state index contributed by atoms with van der Waals surface area (Å²) in [6, 6.07) is 3.95. The molecule has 2 rings (SSSR count). The van der Waals surface area contributed by atoms with Crippen LogP contribution in [0.1, 0.15) is 24.2 Å². The zero-order valence-corrected chi connectivity index (χ0v) is 11.5. The highest BCUT2D eigenvalue weighted by atomic mass is 19.1. The molecule has 0 aromatic heterocycles. The van der Waals surface area contributed by atoms with Gasteiger partial charge in [-0.05, 0) is 39.1 Å². The molecule has 0 unspecified atom stereocenters. The SMILES string of the molecule is CN1CCN(c2ccc(F)cc2C(=O)O)CC1(C)C. The van der Waals surface area contributed by atoms with Gasteiger partial charge in [0.05, 0.1) is 11.3 Å². The number of rotatable bonds is 2. The first-order chi connectivity index (χ1) is 8.81. The molecular formula is C14H19FN2O2. The zero-order valence-electron chi connectivity index (χ0n) is 11.5. The molecule has 0 amide bonds. The molecule has 1 aromatic carbocycles. The van der Waals surface area contributed by atoms with Crippen molar-refractivity contribution in [2.45, 2.75) is 19.4 Å². The Hall–Kier alpha value is -1.62. The van der Waals surface area contributed by atoms with Gasteiger partial charge in [0.1, 0.15) is 5.82 Å². The third kappa shape index (κ3) is 2.71. The van der Waals surface area contributed by atoms with Gasteiger partial charge in [-0.1, -0.05) is 0 Å². The number of carboxylic acid groups (broad SMARTS) is 1. The fourth-order valence-electron chi connectivity index (χ4n) is 2.40. The second-order valence-corrected chi connectivity index (χ2v) is 5.62. The van der Waals surface area contributed by atoms with Crippen molar-refractivity contribution in [3.05, 3.63) is 29.6 Å². The number of hydrogen-bond acceptors (Lipinski definition) is 3. The molecule has 1 aliphatic heterocycles. The Morgan fingerprint density at radius 2 is 2.05 bits per heavy atom. The largest absolute Gasteiger partial charge is 0.478 e. The summed E-state index contributed by atoms with van der Waals surface area (Å²) in [5, 5.41) is 9.20. The molecule has 0 bridgehead atoms. The second-order valence-electron chi connectivity index (χ2n) is 5.62. The van der Waals surface area contributed by atoms with Gasteiger partial charge < -0.3 is 10.0 Å². The molecule has 1 N–H and O–H groups in total. The van der Waals surface area contributed by atoms with Crippen molar-refractivity contribution < 1.29 is 14.3 Å². The van der Waals surface area contributed by atoms with E-state index in [1.807, 2.05) is 4.90 Å². The Balaban J connectivity index is 2.35. The molecule has 0 radical (unpaired) electrons. The first kappa shape index (κ1) is 13.8. The van der Waals surface area contributed by atoms with Crippen molar-refractivity contribution >= 4 is 11.7 Å². The fourth-order valence-corrected chi connectivity index (χ4v) is 2.40. The van der Waals surface area contributed by atoms with Crippen molar-refractivity contribution in [2.24, 2.45) is 0 Å². The monoisotopic (exact) mass is 266 g/mol. The summed E-state index contributed by atoms with van der Waals surface area (Å²) < 4.78 is 13.2. The van der Waals surface area contributed by atoms with Crippen LogP contribution in [0.15, 0.2) is 18.2 Å². The van der Waals surface area contributed by atoms with Crippen LogP contribution in [-0.4, -0.2) is 48.2 Å². The normalized spacial score (nSPS) is 19.5. The average molecular weight is 266 g/mol. The minimum absolute atomic E-state index is 0.0281.